The molecule has 0 aromatic heterocycles. The summed E-state index contributed by atoms with van der Waals surface area (Å²) in [6.07, 6.45) is 1.34. The lowest BCUT2D eigenvalue weighted by molar-refractivity contribution is 0.0424. The van der Waals surface area contributed by atoms with E-state index in [2.05, 4.69) is 46.0 Å². The largest absolute Gasteiger partial charge is 0.491 e. The molecule has 1 rings (SSSR count). The second-order valence-corrected chi connectivity index (χ2v) is 6.15. The van der Waals surface area contributed by atoms with E-state index in [9.17, 15) is 0 Å². The van der Waals surface area contributed by atoms with Crippen molar-refractivity contribution < 1.29 is 9.47 Å². The van der Waals surface area contributed by atoms with Gasteiger partial charge in [0.1, 0.15) is 12.4 Å². The van der Waals surface area contributed by atoms with Crippen molar-refractivity contribution in [3.05, 3.63) is 29.8 Å². The predicted octanol–water partition coefficient (Wildman–Crippen LogP) is 3.77. The van der Waals surface area contributed by atoms with Crippen LogP contribution in [0, 0.1) is 0 Å². The standard InChI is InChI=1S/C17H29NO2/c1-6-14(2)19-11-12-20-16-10-8-7-9-15(16)13-18-17(3,4)5/h7-10,14,18H,6,11-13H2,1-5H3. The fraction of sp³-hybridized carbons (Fsp3) is 0.647. The zero-order chi connectivity index (χ0) is 15.0. The van der Waals surface area contributed by atoms with Crippen LogP contribution in [0.1, 0.15) is 46.6 Å². The van der Waals surface area contributed by atoms with Gasteiger partial charge in [0.05, 0.1) is 12.7 Å². The summed E-state index contributed by atoms with van der Waals surface area (Å²) in [5.41, 5.74) is 1.29. The van der Waals surface area contributed by atoms with Gasteiger partial charge in [-0.1, -0.05) is 25.1 Å². The SMILES string of the molecule is CCC(C)OCCOc1ccccc1CNC(C)(C)C. The van der Waals surface area contributed by atoms with Crippen molar-refractivity contribution in [3.8, 4) is 5.75 Å². The van der Waals surface area contributed by atoms with Gasteiger partial charge >= 0.3 is 0 Å². The number of hydrogen-bond acceptors (Lipinski definition) is 3. The number of rotatable bonds is 8. The van der Waals surface area contributed by atoms with Crippen LogP contribution in [0.4, 0.5) is 0 Å². The lowest BCUT2D eigenvalue weighted by Gasteiger charge is -2.21. The number of para-hydroxylation sites is 1. The average Bonchev–Trinajstić information content (AvgIpc) is 2.41. The number of benzene rings is 1. The normalized spacial score (nSPS) is 13.2. The molecule has 1 N–H and O–H groups in total. The third kappa shape index (κ3) is 6.92. The minimum atomic E-state index is 0.104. The monoisotopic (exact) mass is 279 g/mol. The van der Waals surface area contributed by atoms with Crippen LogP contribution in [0.5, 0.6) is 5.75 Å². The summed E-state index contributed by atoms with van der Waals surface area (Å²) < 4.78 is 11.5. The number of hydrogen-bond donors (Lipinski definition) is 1. The van der Waals surface area contributed by atoms with Gasteiger partial charge in [-0.25, -0.2) is 0 Å². The quantitative estimate of drug-likeness (QED) is 0.735. The Balaban J connectivity index is 2.45. The number of ether oxygens (including phenoxy) is 2. The molecule has 0 amide bonds. The van der Waals surface area contributed by atoms with Crippen LogP contribution in [0.3, 0.4) is 0 Å². The molecule has 0 aliphatic carbocycles. The Hall–Kier alpha value is -1.06. The molecule has 0 saturated carbocycles. The average molecular weight is 279 g/mol. The van der Waals surface area contributed by atoms with Crippen molar-refractivity contribution in [3.63, 3.8) is 0 Å². The van der Waals surface area contributed by atoms with Crippen LogP contribution in [0.2, 0.25) is 0 Å². The van der Waals surface area contributed by atoms with Gasteiger partial charge in [-0.3, -0.25) is 0 Å². The van der Waals surface area contributed by atoms with Crippen LogP contribution >= 0.6 is 0 Å². The molecule has 1 aromatic rings. The molecule has 0 saturated heterocycles. The minimum absolute atomic E-state index is 0.104. The van der Waals surface area contributed by atoms with E-state index in [-0.39, 0.29) is 5.54 Å². The van der Waals surface area contributed by atoms with Gasteiger partial charge in [-0.2, -0.15) is 0 Å². The Morgan fingerprint density at radius 2 is 1.85 bits per heavy atom. The van der Waals surface area contributed by atoms with Gasteiger partial charge in [0.15, 0.2) is 0 Å². The Kier molecular flexibility index (Phi) is 7.03. The van der Waals surface area contributed by atoms with E-state index in [1.165, 1.54) is 5.56 Å². The molecule has 1 unspecified atom stereocenters. The summed E-state index contributed by atoms with van der Waals surface area (Å²) >= 11 is 0. The third-order valence-electron chi connectivity index (χ3n) is 3.10. The minimum Gasteiger partial charge on any atom is -0.491 e. The molecule has 1 aromatic carbocycles. The van der Waals surface area contributed by atoms with Crippen LogP contribution in [-0.2, 0) is 11.3 Å². The Labute approximate surface area is 123 Å². The molecule has 0 spiro atoms. The summed E-state index contributed by atoms with van der Waals surface area (Å²) in [4.78, 5) is 0. The highest BCUT2D eigenvalue weighted by atomic mass is 16.5. The van der Waals surface area contributed by atoms with E-state index in [0.29, 0.717) is 19.3 Å². The fourth-order valence-electron chi connectivity index (χ4n) is 1.67. The van der Waals surface area contributed by atoms with Crippen molar-refractivity contribution in [2.45, 2.75) is 59.2 Å². The first-order valence-electron chi connectivity index (χ1n) is 7.49. The highest BCUT2D eigenvalue weighted by Gasteiger charge is 2.10. The van der Waals surface area contributed by atoms with Crippen LogP contribution in [0.15, 0.2) is 24.3 Å². The van der Waals surface area contributed by atoms with Crippen molar-refractivity contribution in [1.82, 2.24) is 5.32 Å². The molecule has 3 heteroatoms. The summed E-state index contributed by atoms with van der Waals surface area (Å²) in [6, 6.07) is 8.17. The molecule has 0 radical (unpaired) electrons. The fourth-order valence-corrected chi connectivity index (χ4v) is 1.67. The van der Waals surface area contributed by atoms with E-state index in [1.54, 1.807) is 0 Å². The first-order valence-corrected chi connectivity index (χ1v) is 7.49. The van der Waals surface area contributed by atoms with Crippen molar-refractivity contribution in [2.75, 3.05) is 13.2 Å². The molecule has 0 bridgehead atoms. The molecule has 0 aliphatic rings. The van der Waals surface area contributed by atoms with Gasteiger partial charge in [0.2, 0.25) is 0 Å². The molecule has 0 aliphatic heterocycles. The smallest absolute Gasteiger partial charge is 0.123 e. The molecule has 20 heavy (non-hydrogen) atoms. The second-order valence-electron chi connectivity index (χ2n) is 6.15. The summed E-state index contributed by atoms with van der Waals surface area (Å²) in [5, 5.41) is 3.49. The lowest BCUT2D eigenvalue weighted by Crippen LogP contribution is -2.35. The Morgan fingerprint density at radius 3 is 2.50 bits per heavy atom. The maximum Gasteiger partial charge on any atom is 0.123 e. The Morgan fingerprint density at radius 1 is 1.15 bits per heavy atom. The van der Waals surface area contributed by atoms with Gasteiger partial charge < -0.3 is 14.8 Å². The van der Waals surface area contributed by atoms with Crippen molar-refractivity contribution >= 4 is 0 Å². The maximum absolute atomic E-state index is 5.83. The Bertz CT molecular complexity index is 385. The first kappa shape index (κ1) is 17.0. The molecule has 1 atom stereocenters. The van der Waals surface area contributed by atoms with Gasteiger partial charge in [-0.15, -0.1) is 0 Å². The van der Waals surface area contributed by atoms with Crippen molar-refractivity contribution in [1.29, 1.82) is 0 Å². The van der Waals surface area contributed by atoms with E-state index in [1.807, 2.05) is 18.2 Å². The van der Waals surface area contributed by atoms with E-state index in [0.717, 1.165) is 18.7 Å². The lowest BCUT2D eigenvalue weighted by atomic mass is 10.1. The second kappa shape index (κ2) is 8.28. The van der Waals surface area contributed by atoms with Gasteiger partial charge in [0, 0.05) is 17.6 Å². The van der Waals surface area contributed by atoms with Crippen LogP contribution in [0.25, 0.3) is 0 Å². The van der Waals surface area contributed by atoms with E-state index < -0.39 is 0 Å². The van der Waals surface area contributed by atoms with Gasteiger partial charge in [-0.05, 0) is 40.2 Å². The summed E-state index contributed by atoms with van der Waals surface area (Å²) in [6.45, 7) is 12.7. The molecular formula is C17H29NO2. The third-order valence-corrected chi connectivity index (χ3v) is 3.10. The molecule has 0 fully saturated rings. The van der Waals surface area contributed by atoms with Crippen LogP contribution < -0.4 is 10.1 Å². The van der Waals surface area contributed by atoms with E-state index in [4.69, 9.17) is 9.47 Å². The van der Waals surface area contributed by atoms with E-state index >= 15 is 0 Å². The maximum atomic E-state index is 5.83. The molecule has 3 nitrogen and oxygen atoms in total. The highest BCUT2D eigenvalue weighted by molar-refractivity contribution is 5.33. The van der Waals surface area contributed by atoms with Gasteiger partial charge in [0.25, 0.3) is 0 Å². The number of nitrogens with one attached hydrogen (secondary N) is 1. The van der Waals surface area contributed by atoms with Crippen LogP contribution in [-0.4, -0.2) is 24.9 Å². The summed E-state index contributed by atoms with van der Waals surface area (Å²) in [7, 11) is 0. The highest BCUT2D eigenvalue weighted by Crippen LogP contribution is 2.18. The molecule has 0 heterocycles. The predicted molar refractivity (Wildman–Crippen MR) is 84.2 cm³/mol. The zero-order valence-electron chi connectivity index (χ0n) is 13.5. The topological polar surface area (TPSA) is 30.5 Å². The molecular weight excluding hydrogens is 250 g/mol. The molecule has 114 valence electrons. The zero-order valence-corrected chi connectivity index (χ0v) is 13.5. The van der Waals surface area contributed by atoms with Crippen molar-refractivity contribution in [2.24, 2.45) is 0 Å². The summed E-state index contributed by atoms with van der Waals surface area (Å²) in [5.74, 6) is 0.942. The first-order chi connectivity index (χ1) is 9.42.